The summed E-state index contributed by atoms with van der Waals surface area (Å²) in [5.74, 6) is 0.483. The second-order valence-electron chi connectivity index (χ2n) is 5.51. The van der Waals surface area contributed by atoms with Crippen LogP contribution in [0.5, 0.6) is 0 Å². The van der Waals surface area contributed by atoms with E-state index in [2.05, 4.69) is 31.4 Å². The molecule has 1 atom stereocenters. The van der Waals surface area contributed by atoms with E-state index < -0.39 is 0 Å². The first-order valence-electron chi connectivity index (χ1n) is 7.08. The Bertz CT molecular complexity index is 619. The van der Waals surface area contributed by atoms with E-state index in [9.17, 15) is 10.1 Å². The lowest BCUT2D eigenvalue weighted by Gasteiger charge is -2.18. The monoisotopic (exact) mass is 287 g/mol. The predicted molar refractivity (Wildman–Crippen MR) is 83.3 cm³/mol. The maximum absolute atomic E-state index is 11.0. The quantitative estimate of drug-likeness (QED) is 0.654. The first-order chi connectivity index (χ1) is 10.0. The van der Waals surface area contributed by atoms with Crippen LogP contribution in [-0.4, -0.2) is 16.5 Å². The first-order valence-corrected chi connectivity index (χ1v) is 7.08. The summed E-state index contributed by atoms with van der Waals surface area (Å²) in [4.78, 5) is 10.7. The number of para-hydroxylation sites is 1. The van der Waals surface area contributed by atoms with Crippen molar-refractivity contribution in [3.8, 4) is 0 Å². The minimum Gasteiger partial charge on any atom is -0.349 e. The van der Waals surface area contributed by atoms with Gasteiger partial charge in [-0.25, -0.2) is 0 Å². The standard InChI is InChI=1S/C16H21N3O2/c1-12(2)16(17-3)14-8-9-18(11-14)10-13-6-4-5-7-15(13)19(20)21/h4-9,11-12,16-17H,10H2,1-3H3. The first kappa shape index (κ1) is 15.3. The Kier molecular flexibility index (Phi) is 4.75. The number of hydrogen-bond acceptors (Lipinski definition) is 3. The molecule has 0 amide bonds. The highest BCUT2D eigenvalue weighted by atomic mass is 16.6. The molecule has 0 aliphatic heterocycles. The van der Waals surface area contributed by atoms with Crippen molar-refractivity contribution in [2.75, 3.05) is 7.05 Å². The highest BCUT2D eigenvalue weighted by molar-refractivity contribution is 5.40. The molecule has 1 unspecified atom stereocenters. The lowest BCUT2D eigenvalue weighted by atomic mass is 9.99. The molecule has 1 aromatic carbocycles. The van der Waals surface area contributed by atoms with Gasteiger partial charge in [0.05, 0.1) is 11.5 Å². The van der Waals surface area contributed by atoms with Crippen molar-refractivity contribution >= 4 is 5.69 Å². The average Bonchev–Trinajstić information content (AvgIpc) is 2.87. The predicted octanol–water partition coefficient (Wildman–Crippen LogP) is 3.36. The zero-order chi connectivity index (χ0) is 15.4. The van der Waals surface area contributed by atoms with Crippen molar-refractivity contribution in [2.45, 2.75) is 26.4 Å². The number of rotatable bonds is 6. The molecule has 0 bridgehead atoms. The van der Waals surface area contributed by atoms with E-state index in [-0.39, 0.29) is 16.7 Å². The van der Waals surface area contributed by atoms with Crippen molar-refractivity contribution in [2.24, 2.45) is 5.92 Å². The Morgan fingerprint density at radius 3 is 2.62 bits per heavy atom. The molecule has 0 saturated carbocycles. The van der Waals surface area contributed by atoms with Crippen LogP contribution in [0, 0.1) is 16.0 Å². The zero-order valence-electron chi connectivity index (χ0n) is 12.6. The fourth-order valence-electron chi connectivity index (χ4n) is 2.65. The third-order valence-corrected chi connectivity index (χ3v) is 3.65. The summed E-state index contributed by atoms with van der Waals surface area (Å²) in [6, 6.07) is 9.23. The van der Waals surface area contributed by atoms with Crippen LogP contribution in [-0.2, 0) is 6.54 Å². The van der Waals surface area contributed by atoms with Gasteiger partial charge in [0.2, 0.25) is 0 Å². The minimum atomic E-state index is -0.329. The molecule has 2 aromatic rings. The van der Waals surface area contributed by atoms with Crippen LogP contribution in [0.3, 0.4) is 0 Å². The average molecular weight is 287 g/mol. The topological polar surface area (TPSA) is 60.1 Å². The Labute approximate surface area is 124 Å². The minimum absolute atomic E-state index is 0.168. The Hall–Kier alpha value is -2.14. The molecule has 0 aliphatic rings. The summed E-state index contributed by atoms with van der Waals surface area (Å²) >= 11 is 0. The van der Waals surface area contributed by atoms with Gasteiger partial charge in [-0.05, 0) is 24.6 Å². The SMILES string of the molecule is CNC(c1ccn(Cc2ccccc2[N+](=O)[O-])c1)C(C)C. The van der Waals surface area contributed by atoms with Crippen molar-refractivity contribution in [1.82, 2.24) is 9.88 Å². The number of hydrogen-bond donors (Lipinski definition) is 1. The summed E-state index contributed by atoms with van der Waals surface area (Å²) in [5, 5.41) is 14.4. The maximum atomic E-state index is 11.0. The second-order valence-corrected chi connectivity index (χ2v) is 5.51. The van der Waals surface area contributed by atoms with Gasteiger partial charge in [-0.15, -0.1) is 0 Å². The number of nitro groups is 1. The van der Waals surface area contributed by atoms with Gasteiger partial charge in [0, 0.05) is 30.1 Å². The van der Waals surface area contributed by atoms with Gasteiger partial charge in [-0.1, -0.05) is 32.0 Å². The molecular weight excluding hydrogens is 266 g/mol. The lowest BCUT2D eigenvalue weighted by molar-refractivity contribution is -0.385. The summed E-state index contributed by atoms with van der Waals surface area (Å²) in [5.41, 5.74) is 2.09. The van der Waals surface area contributed by atoms with Crippen LogP contribution in [0.15, 0.2) is 42.7 Å². The molecule has 0 radical (unpaired) electrons. The second kappa shape index (κ2) is 6.54. The summed E-state index contributed by atoms with van der Waals surface area (Å²) < 4.78 is 1.99. The molecule has 0 spiro atoms. The molecule has 1 aromatic heterocycles. The smallest absolute Gasteiger partial charge is 0.274 e. The zero-order valence-corrected chi connectivity index (χ0v) is 12.6. The maximum Gasteiger partial charge on any atom is 0.274 e. The summed E-state index contributed by atoms with van der Waals surface area (Å²) in [6.07, 6.45) is 4.02. The third kappa shape index (κ3) is 3.49. The van der Waals surface area contributed by atoms with E-state index in [1.54, 1.807) is 18.2 Å². The molecule has 0 aliphatic carbocycles. The van der Waals surface area contributed by atoms with Crippen LogP contribution in [0.1, 0.15) is 31.0 Å². The molecule has 5 nitrogen and oxygen atoms in total. The van der Waals surface area contributed by atoms with Crippen molar-refractivity contribution < 1.29 is 4.92 Å². The normalized spacial score (nSPS) is 12.6. The van der Waals surface area contributed by atoms with Crippen LogP contribution < -0.4 is 5.32 Å². The molecule has 112 valence electrons. The Morgan fingerprint density at radius 1 is 1.29 bits per heavy atom. The van der Waals surface area contributed by atoms with E-state index in [1.165, 1.54) is 5.56 Å². The Balaban J connectivity index is 2.22. The number of nitrogens with one attached hydrogen (secondary N) is 1. The lowest BCUT2D eigenvalue weighted by Crippen LogP contribution is -2.21. The molecule has 5 heteroatoms. The number of benzene rings is 1. The molecule has 1 N–H and O–H groups in total. The van der Waals surface area contributed by atoms with Gasteiger partial charge in [0.25, 0.3) is 5.69 Å². The summed E-state index contributed by atoms with van der Waals surface area (Å²) in [6.45, 7) is 4.84. The van der Waals surface area contributed by atoms with Crippen molar-refractivity contribution in [1.29, 1.82) is 0 Å². The van der Waals surface area contributed by atoms with Crippen LogP contribution in [0.2, 0.25) is 0 Å². The highest BCUT2D eigenvalue weighted by Gasteiger charge is 2.16. The molecule has 0 fully saturated rings. The fraction of sp³-hybridized carbons (Fsp3) is 0.375. The van der Waals surface area contributed by atoms with E-state index >= 15 is 0 Å². The van der Waals surface area contributed by atoms with Crippen LogP contribution in [0.4, 0.5) is 5.69 Å². The van der Waals surface area contributed by atoms with E-state index in [0.717, 1.165) is 5.56 Å². The van der Waals surface area contributed by atoms with Crippen molar-refractivity contribution in [3.63, 3.8) is 0 Å². The number of nitrogens with zero attached hydrogens (tertiary/aromatic N) is 2. The molecule has 21 heavy (non-hydrogen) atoms. The van der Waals surface area contributed by atoms with Crippen LogP contribution in [0.25, 0.3) is 0 Å². The summed E-state index contributed by atoms with van der Waals surface area (Å²) in [7, 11) is 1.95. The van der Waals surface area contributed by atoms with Gasteiger partial charge >= 0.3 is 0 Å². The number of aromatic nitrogens is 1. The van der Waals surface area contributed by atoms with Crippen LogP contribution >= 0.6 is 0 Å². The van der Waals surface area contributed by atoms with Gasteiger partial charge in [0.1, 0.15) is 0 Å². The molecule has 0 saturated heterocycles. The van der Waals surface area contributed by atoms with Gasteiger partial charge in [-0.3, -0.25) is 10.1 Å². The van der Waals surface area contributed by atoms with E-state index in [1.807, 2.05) is 23.9 Å². The fourth-order valence-corrected chi connectivity index (χ4v) is 2.65. The molecule has 2 rings (SSSR count). The third-order valence-electron chi connectivity index (χ3n) is 3.65. The van der Waals surface area contributed by atoms with Crippen molar-refractivity contribution in [3.05, 3.63) is 64.0 Å². The largest absolute Gasteiger partial charge is 0.349 e. The van der Waals surface area contributed by atoms with Gasteiger partial charge < -0.3 is 9.88 Å². The van der Waals surface area contributed by atoms with E-state index in [0.29, 0.717) is 12.5 Å². The van der Waals surface area contributed by atoms with Gasteiger partial charge in [0.15, 0.2) is 0 Å². The van der Waals surface area contributed by atoms with E-state index in [4.69, 9.17) is 0 Å². The molecule has 1 heterocycles. The Morgan fingerprint density at radius 2 is 2.00 bits per heavy atom. The molecular formula is C16H21N3O2. The highest BCUT2D eigenvalue weighted by Crippen LogP contribution is 2.23. The van der Waals surface area contributed by atoms with Gasteiger partial charge in [-0.2, -0.15) is 0 Å². The number of nitro benzene ring substituents is 1.